The third-order valence-electron chi connectivity index (χ3n) is 4.36. The summed E-state index contributed by atoms with van der Waals surface area (Å²) in [5.74, 6) is 1.16. The van der Waals surface area contributed by atoms with Crippen LogP contribution in [0.5, 0.6) is 0 Å². The number of imidazole rings is 1. The average Bonchev–Trinajstić information content (AvgIpc) is 2.96. The Labute approximate surface area is 122 Å². The number of nitrogens with zero attached hydrogens (tertiary/aromatic N) is 4. The summed E-state index contributed by atoms with van der Waals surface area (Å²) >= 11 is 0. The van der Waals surface area contributed by atoms with Gasteiger partial charge in [0, 0.05) is 19.4 Å². The Morgan fingerprint density at radius 3 is 2.81 bits per heavy atom. The summed E-state index contributed by atoms with van der Waals surface area (Å²) in [6.07, 6.45) is 4.02. The van der Waals surface area contributed by atoms with Crippen LogP contribution in [0.15, 0.2) is 30.6 Å². The summed E-state index contributed by atoms with van der Waals surface area (Å²) < 4.78 is 2.11. The quantitative estimate of drug-likeness (QED) is 0.801. The van der Waals surface area contributed by atoms with Gasteiger partial charge < -0.3 is 4.57 Å². The molecule has 104 valence electrons. The fraction of sp³-hybridized carbons (Fsp3) is 0.312. The number of anilines is 1. The second kappa shape index (κ2) is 4.45. The number of rotatable bonds is 1. The van der Waals surface area contributed by atoms with Crippen LogP contribution in [0.2, 0.25) is 0 Å². The van der Waals surface area contributed by atoms with E-state index >= 15 is 0 Å². The van der Waals surface area contributed by atoms with Gasteiger partial charge in [-0.3, -0.25) is 9.69 Å². The summed E-state index contributed by atoms with van der Waals surface area (Å²) in [6.45, 7) is 0.738. The molecule has 0 aliphatic carbocycles. The predicted molar refractivity (Wildman–Crippen MR) is 76.8 cm³/mol. The maximum Gasteiger partial charge on any atom is 0.228 e. The molecule has 21 heavy (non-hydrogen) atoms. The number of nitriles is 1. The Hall–Kier alpha value is -2.61. The fourth-order valence-corrected chi connectivity index (χ4v) is 3.30. The minimum Gasteiger partial charge on any atom is -0.309 e. The van der Waals surface area contributed by atoms with Crippen molar-refractivity contribution >= 4 is 11.7 Å². The highest BCUT2D eigenvalue weighted by atomic mass is 16.2. The highest BCUT2D eigenvalue weighted by Gasteiger charge is 2.35. The van der Waals surface area contributed by atoms with E-state index in [2.05, 4.69) is 15.6 Å². The second-order valence-corrected chi connectivity index (χ2v) is 5.51. The Balaban J connectivity index is 1.78. The van der Waals surface area contributed by atoms with Crippen LogP contribution in [0.3, 0.4) is 0 Å². The fourth-order valence-electron chi connectivity index (χ4n) is 3.30. The van der Waals surface area contributed by atoms with Crippen molar-refractivity contribution in [2.75, 3.05) is 11.4 Å². The molecule has 0 bridgehead atoms. The molecule has 3 heterocycles. The molecular formula is C16H14N4O. The van der Waals surface area contributed by atoms with Gasteiger partial charge in [0.1, 0.15) is 5.82 Å². The molecule has 1 aromatic carbocycles. The predicted octanol–water partition coefficient (Wildman–Crippen LogP) is 2.03. The summed E-state index contributed by atoms with van der Waals surface area (Å²) in [5, 5.41) is 8.89. The van der Waals surface area contributed by atoms with E-state index in [1.807, 2.05) is 35.5 Å². The highest BCUT2D eigenvalue weighted by Crippen LogP contribution is 2.37. The molecule has 1 unspecified atom stereocenters. The van der Waals surface area contributed by atoms with Crippen LogP contribution in [-0.4, -0.2) is 22.0 Å². The molecule has 5 nitrogen and oxygen atoms in total. The number of amides is 1. The van der Waals surface area contributed by atoms with Crippen LogP contribution in [0.4, 0.5) is 5.82 Å². The standard InChI is InChI=1S/C16H14N4O/c17-9-11-1-3-12(4-2-11)14-7-8-19-15(21)6-5-13-16(19)20(14)10-18-13/h1-4,10,14H,5-8H2. The lowest BCUT2D eigenvalue weighted by Crippen LogP contribution is -2.41. The van der Waals surface area contributed by atoms with Crippen LogP contribution in [-0.2, 0) is 11.2 Å². The zero-order valence-corrected chi connectivity index (χ0v) is 11.5. The molecule has 0 saturated carbocycles. The monoisotopic (exact) mass is 278 g/mol. The van der Waals surface area contributed by atoms with Crippen LogP contribution >= 0.6 is 0 Å². The highest BCUT2D eigenvalue weighted by molar-refractivity contribution is 5.95. The van der Waals surface area contributed by atoms with E-state index in [0.29, 0.717) is 12.0 Å². The van der Waals surface area contributed by atoms with Crippen LogP contribution < -0.4 is 4.90 Å². The molecule has 2 aliphatic heterocycles. The van der Waals surface area contributed by atoms with Gasteiger partial charge in [-0.05, 0) is 24.1 Å². The number of benzene rings is 1. The largest absolute Gasteiger partial charge is 0.309 e. The van der Waals surface area contributed by atoms with E-state index < -0.39 is 0 Å². The van der Waals surface area contributed by atoms with Crippen molar-refractivity contribution in [2.45, 2.75) is 25.3 Å². The lowest BCUT2D eigenvalue weighted by Gasteiger charge is -2.36. The minimum atomic E-state index is 0.191. The van der Waals surface area contributed by atoms with Gasteiger partial charge in [-0.15, -0.1) is 0 Å². The first-order chi connectivity index (χ1) is 10.3. The van der Waals surface area contributed by atoms with Gasteiger partial charge in [0.2, 0.25) is 5.91 Å². The minimum absolute atomic E-state index is 0.191. The van der Waals surface area contributed by atoms with Crippen molar-refractivity contribution in [2.24, 2.45) is 0 Å². The van der Waals surface area contributed by atoms with Crippen LogP contribution in [0.1, 0.15) is 35.7 Å². The Bertz CT molecular complexity index is 754. The number of hydrogen-bond donors (Lipinski definition) is 0. The van der Waals surface area contributed by atoms with Gasteiger partial charge in [-0.25, -0.2) is 4.98 Å². The second-order valence-electron chi connectivity index (χ2n) is 5.51. The number of carbonyl (C=O) groups is 1. The molecule has 2 aromatic rings. The van der Waals surface area contributed by atoms with Gasteiger partial charge in [-0.1, -0.05) is 12.1 Å². The van der Waals surface area contributed by atoms with Crippen LogP contribution in [0, 0.1) is 11.3 Å². The molecule has 4 rings (SSSR count). The summed E-state index contributed by atoms with van der Waals surface area (Å²) in [4.78, 5) is 18.4. The summed E-state index contributed by atoms with van der Waals surface area (Å²) in [7, 11) is 0. The van der Waals surface area contributed by atoms with E-state index in [0.717, 1.165) is 36.5 Å². The topological polar surface area (TPSA) is 61.9 Å². The molecule has 5 heteroatoms. The Morgan fingerprint density at radius 2 is 2.05 bits per heavy atom. The van der Waals surface area contributed by atoms with E-state index in [4.69, 9.17) is 5.26 Å². The van der Waals surface area contributed by atoms with E-state index in [9.17, 15) is 4.79 Å². The molecule has 2 aliphatic rings. The maximum atomic E-state index is 12.0. The Kier molecular flexibility index (Phi) is 2.58. The molecule has 0 N–H and O–H groups in total. The van der Waals surface area contributed by atoms with E-state index in [1.165, 1.54) is 0 Å². The van der Waals surface area contributed by atoms with Crippen molar-refractivity contribution in [3.8, 4) is 6.07 Å². The molecule has 1 amide bonds. The zero-order valence-electron chi connectivity index (χ0n) is 11.5. The van der Waals surface area contributed by atoms with Gasteiger partial charge in [0.15, 0.2) is 0 Å². The van der Waals surface area contributed by atoms with Crippen molar-refractivity contribution < 1.29 is 4.79 Å². The van der Waals surface area contributed by atoms with Crippen molar-refractivity contribution in [3.63, 3.8) is 0 Å². The third kappa shape index (κ3) is 1.76. The lowest BCUT2D eigenvalue weighted by molar-refractivity contribution is -0.119. The molecular weight excluding hydrogens is 264 g/mol. The SMILES string of the molecule is N#Cc1ccc(C2CCN3C(=O)CCc4ncn2c43)cc1. The van der Waals surface area contributed by atoms with Gasteiger partial charge in [-0.2, -0.15) is 5.26 Å². The van der Waals surface area contributed by atoms with Crippen LogP contribution in [0.25, 0.3) is 0 Å². The molecule has 1 atom stereocenters. The zero-order chi connectivity index (χ0) is 14.4. The Morgan fingerprint density at radius 1 is 1.24 bits per heavy atom. The molecule has 0 saturated heterocycles. The van der Waals surface area contributed by atoms with Crippen molar-refractivity contribution in [1.29, 1.82) is 5.26 Å². The van der Waals surface area contributed by atoms with Gasteiger partial charge in [0.05, 0.1) is 29.7 Å². The maximum absolute atomic E-state index is 12.0. The third-order valence-corrected chi connectivity index (χ3v) is 4.36. The van der Waals surface area contributed by atoms with Gasteiger partial charge in [0.25, 0.3) is 0 Å². The number of carbonyl (C=O) groups excluding carboxylic acids is 1. The smallest absolute Gasteiger partial charge is 0.228 e. The number of aromatic nitrogens is 2. The summed E-state index contributed by atoms with van der Waals surface area (Å²) in [5.41, 5.74) is 2.85. The molecule has 1 aromatic heterocycles. The number of hydrogen-bond acceptors (Lipinski definition) is 3. The van der Waals surface area contributed by atoms with E-state index in [-0.39, 0.29) is 11.9 Å². The van der Waals surface area contributed by atoms with Gasteiger partial charge >= 0.3 is 0 Å². The first kappa shape index (κ1) is 12.2. The lowest BCUT2D eigenvalue weighted by atomic mass is 9.98. The number of aryl methyl sites for hydroxylation is 1. The average molecular weight is 278 g/mol. The summed E-state index contributed by atoms with van der Waals surface area (Å²) in [6, 6.07) is 10.0. The molecule has 0 radical (unpaired) electrons. The normalized spacial score (nSPS) is 20.0. The first-order valence-corrected chi connectivity index (χ1v) is 7.14. The molecule has 0 spiro atoms. The van der Waals surface area contributed by atoms with E-state index in [1.54, 1.807) is 0 Å². The molecule has 0 fully saturated rings. The van der Waals surface area contributed by atoms with Crippen molar-refractivity contribution in [3.05, 3.63) is 47.4 Å². The first-order valence-electron chi connectivity index (χ1n) is 7.14. The van der Waals surface area contributed by atoms with Crippen molar-refractivity contribution in [1.82, 2.24) is 9.55 Å².